The van der Waals surface area contributed by atoms with Crippen molar-refractivity contribution in [3.05, 3.63) is 34.9 Å². The van der Waals surface area contributed by atoms with Crippen LogP contribution in [-0.2, 0) is 14.8 Å². The Hall–Kier alpha value is -1.40. The zero-order valence-electron chi connectivity index (χ0n) is 15.0. The van der Waals surface area contributed by atoms with Gasteiger partial charge in [-0.25, -0.2) is 12.7 Å². The van der Waals surface area contributed by atoms with Gasteiger partial charge in [0.15, 0.2) is 0 Å². The number of aryl methyl sites for hydroxylation is 2. The third-order valence-corrected chi connectivity index (χ3v) is 6.61. The molecule has 1 heterocycles. The number of amides is 1. The van der Waals surface area contributed by atoms with Gasteiger partial charge in [-0.1, -0.05) is 23.8 Å². The minimum absolute atomic E-state index is 0.0570. The Morgan fingerprint density at radius 2 is 2.08 bits per heavy atom. The Balaban J connectivity index is 2.03. The van der Waals surface area contributed by atoms with E-state index in [-0.39, 0.29) is 23.6 Å². The fourth-order valence-corrected chi connectivity index (χ4v) is 4.49. The molecule has 1 amide bonds. The maximum absolute atomic E-state index is 12.6. The average Bonchev–Trinajstić information content (AvgIpc) is 2.54. The summed E-state index contributed by atoms with van der Waals surface area (Å²) >= 11 is 0. The summed E-state index contributed by atoms with van der Waals surface area (Å²) in [5.41, 5.74) is 3.45. The molecule has 5 nitrogen and oxygen atoms in total. The highest BCUT2D eigenvalue weighted by Gasteiger charge is 2.31. The molecule has 0 saturated carbocycles. The first-order chi connectivity index (χ1) is 11.2. The molecule has 2 rings (SSSR count). The maximum Gasteiger partial charge on any atom is 0.224 e. The van der Waals surface area contributed by atoms with E-state index in [1.807, 2.05) is 32.9 Å². The SMILES string of the molecule is CCS(=O)(=O)N1CCC[C@H](C(=O)N[C@@H](C)c2ccc(C)cc2C)C1. The molecular formula is C18H28N2O3S. The fraction of sp³-hybridized carbons (Fsp3) is 0.611. The van der Waals surface area contributed by atoms with Gasteiger partial charge in [0.25, 0.3) is 0 Å². The predicted octanol–water partition coefficient (Wildman–Crippen LogP) is 2.54. The Kier molecular flexibility index (Phi) is 6.04. The van der Waals surface area contributed by atoms with Crippen LogP contribution in [0.2, 0.25) is 0 Å². The number of sulfonamides is 1. The van der Waals surface area contributed by atoms with E-state index in [0.29, 0.717) is 13.1 Å². The van der Waals surface area contributed by atoms with Crippen LogP contribution in [0.4, 0.5) is 0 Å². The zero-order chi connectivity index (χ0) is 17.9. The molecule has 0 spiro atoms. The second-order valence-electron chi connectivity index (χ2n) is 6.69. The van der Waals surface area contributed by atoms with E-state index in [4.69, 9.17) is 0 Å². The summed E-state index contributed by atoms with van der Waals surface area (Å²) in [7, 11) is -3.23. The van der Waals surface area contributed by atoms with Crippen LogP contribution in [0.5, 0.6) is 0 Å². The van der Waals surface area contributed by atoms with E-state index < -0.39 is 10.0 Å². The topological polar surface area (TPSA) is 66.5 Å². The quantitative estimate of drug-likeness (QED) is 0.885. The number of hydrogen-bond donors (Lipinski definition) is 1. The Labute approximate surface area is 145 Å². The van der Waals surface area contributed by atoms with E-state index in [2.05, 4.69) is 11.4 Å². The molecule has 1 N–H and O–H groups in total. The van der Waals surface area contributed by atoms with Crippen LogP contribution in [0.3, 0.4) is 0 Å². The molecule has 0 radical (unpaired) electrons. The van der Waals surface area contributed by atoms with Crippen molar-refractivity contribution in [3.8, 4) is 0 Å². The van der Waals surface area contributed by atoms with Crippen LogP contribution in [0.25, 0.3) is 0 Å². The molecule has 1 aromatic rings. The third-order valence-electron chi connectivity index (χ3n) is 4.76. The van der Waals surface area contributed by atoms with Crippen molar-refractivity contribution in [2.45, 2.75) is 46.6 Å². The van der Waals surface area contributed by atoms with Gasteiger partial charge in [0.05, 0.1) is 17.7 Å². The number of piperidine rings is 1. The molecule has 134 valence electrons. The fourth-order valence-electron chi connectivity index (χ4n) is 3.31. The molecule has 0 aromatic heterocycles. The highest BCUT2D eigenvalue weighted by atomic mass is 32.2. The van der Waals surface area contributed by atoms with Gasteiger partial charge in [-0.3, -0.25) is 4.79 Å². The zero-order valence-corrected chi connectivity index (χ0v) is 15.8. The van der Waals surface area contributed by atoms with Gasteiger partial charge >= 0.3 is 0 Å². The first kappa shape index (κ1) is 18.9. The first-order valence-electron chi connectivity index (χ1n) is 8.60. The Morgan fingerprint density at radius 3 is 2.71 bits per heavy atom. The second kappa shape index (κ2) is 7.66. The summed E-state index contributed by atoms with van der Waals surface area (Å²) in [6.45, 7) is 8.51. The summed E-state index contributed by atoms with van der Waals surface area (Å²) < 4.78 is 25.5. The maximum atomic E-state index is 12.6. The molecule has 1 fully saturated rings. The van der Waals surface area contributed by atoms with Crippen molar-refractivity contribution in [1.29, 1.82) is 0 Å². The lowest BCUT2D eigenvalue weighted by molar-refractivity contribution is -0.126. The van der Waals surface area contributed by atoms with Gasteiger partial charge in [-0.05, 0) is 51.7 Å². The van der Waals surface area contributed by atoms with Gasteiger partial charge in [0, 0.05) is 13.1 Å². The normalized spacial score (nSPS) is 20.6. The minimum atomic E-state index is -3.23. The van der Waals surface area contributed by atoms with Gasteiger partial charge in [-0.15, -0.1) is 0 Å². The number of hydrogen-bond acceptors (Lipinski definition) is 3. The molecular weight excluding hydrogens is 324 g/mol. The summed E-state index contributed by atoms with van der Waals surface area (Å²) in [6, 6.07) is 6.11. The van der Waals surface area contributed by atoms with Gasteiger partial charge in [0.1, 0.15) is 0 Å². The lowest BCUT2D eigenvalue weighted by atomic mass is 9.96. The van der Waals surface area contributed by atoms with E-state index in [9.17, 15) is 13.2 Å². The van der Waals surface area contributed by atoms with Gasteiger partial charge in [0.2, 0.25) is 15.9 Å². The van der Waals surface area contributed by atoms with Crippen molar-refractivity contribution in [1.82, 2.24) is 9.62 Å². The molecule has 6 heteroatoms. The number of carbonyl (C=O) groups excluding carboxylic acids is 1. The minimum Gasteiger partial charge on any atom is -0.349 e. The van der Waals surface area contributed by atoms with Crippen LogP contribution in [-0.4, -0.2) is 37.5 Å². The lowest BCUT2D eigenvalue weighted by Gasteiger charge is -2.31. The summed E-state index contributed by atoms with van der Waals surface area (Å²) in [5, 5.41) is 3.06. The second-order valence-corrected chi connectivity index (χ2v) is 8.95. The van der Waals surface area contributed by atoms with Crippen LogP contribution >= 0.6 is 0 Å². The molecule has 1 aromatic carbocycles. The largest absolute Gasteiger partial charge is 0.349 e. The van der Waals surface area contributed by atoms with Crippen LogP contribution < -0.4 is 5.32 Å². The highest BCUT2D eigenvalue weighted by Crippen LogP contribution is 2.23. The number of nitrogens with one attached hydrogen (secondary N) is 1. The van der Waals surface area contributed by atoms with Crippen molar-refractivity contribution in [2.24, 2.45) is 5.92 Å². The van der Waals surface area contributed by atoms with Crippen molar-refractivity contribution < 1.29 is 13.2 Å². The number of benzene rings is 1. The van der Waals surface area contributed by atoms with Gasteiger partial charge < -0.3 is 5.32 Å². The van der Waals surface area contributed by atoms with Crippen molar-refractivity contribution in [3.63, 3.8) is 0 Å². The molecule has 24 heavy (non-hydrogen) atoms. The number of nitrogens with zero attached hydrogens (tertiary/aromatic N) is 1. The smallest absolute Gasteiger partial charge is 0.224 e. The Bertz CT molecular complexity index is 700. The van der Waals surface area contributed by atoms with Gasteiger partial charge in [-0.2, -0.15) is 0 Å². The van der Waals surface area contributed by atoms with Crippen LogP contribution in [0, 0.1) is 19.8 Å². The molecule has 1 aliphatic rings. The predicted molar refractivity (Wildman–Crippen MR) is 96.2 cm³/mol. The molecule has 1 aliphatic heterocycles. The van der Waals surface area contributed by atoms with E-state index in [1.54, 1.807) is 6.92 Å². The highest BCUT2D eigenvalue weighted by molar-refractivity contribution is 7.89. The Morgan fingerprint density at radius 1 is 1.38 bits per heavy atom. The third kappa shape index (κ3) is 4.36. The standard InChI is InChI=1S/C18H28N2O3S/c1-5-24(22,23)20-10-6-7-16(12-20)18(21)19-15(4)17-9-8-13(2)11-14(17)3/h8-9,11,15-16H,5-7,10,12H2,1-4H3,(H,19,21)/t15-,16-/m0/s1. The summed E-state index contributed by atoms with van der Waals surface area (Å²) in [4.78, 5) is 12.6. The lowest BCUT2D eigenvalue weighted by Crippen LogP contribution is -2.46. The first-order valence-corrected chi connectivity index (χ1v) is 10.2. The molecule has 0 unspecified atom stereocenters. The molecule has 0 bridgehead atoms. The van der Waals surface area contributed by atoms with E-state index in [1.165, 1.54) is 9.87 Å². The number of carbonyl (C=O) groups is 1. The monoisotopic (exact) mass is 352 g/mol. The summed E-state index contributed by atoms with van der Waals surface area (Å²) in [5.74, 6) is -0.243. The molecule has 0 aliphatic carbocycles. The van der Waals surface area contributed by atoms with Crippen molar-refractivity contribution in [2.75, 3.05) is 18.8 Å². The van der Waals surface area contributed by atoms with Crippen LogP contribution in [0.1, 0.15) is 49.4 Å². The van der Waals surface area contributed by atoms with E-state index >= 15 is 0 Å². The number of rotatable bonds is 5. The van der Waals surface area contributed by atoms with Crippen molar-refractivity contribution >= 4 is 15.9 Å². The summed E-state index contributed by atoms with van der Waals surface area (Å²) in [6.07, 6.45) is 1.47. The van der Waals surface area contributed by atoms with Crippen LogP contribution in [0.15, 0.2) is 18.2 Å². The molecule has 2 atom stereocenters. The van der Waals surface area contributed by atoms with E-state index in [0.717, 1.165) is 24.0 Å². The molecule has 1 saturated heterocycles. The average molecular weight is 353 g/mol.